The Labute approximate surface area is 152 Å². The summed E-state index contributed by atoms with van der Waals surface area (Å²) in [5.74, 6) is 1.29. The maximum atomic E-state index is 12.4. The van der Waals surface area contributed by atoms with Gasteiger partial charge in [0.05, 0.1) is 5.39 Å². The van der Waals surface area contributed by atoms with Crippen LogP contribution in [0.3, 0.4) is 0 Å². The lowest BCUT2D eigenvalue weighted by atomic mass is 10.1. The van der Waals surface area contributed by atoms with Crippen LogP contribution in [0.15, 0.2) is 63.8 Å². The monoisotopic (exact) mass is 350 g/mol. The topological polar surface area (TPSA) is 54.7 Å². The van der Waals surface area contributed by atoms with Crippen LogP contribution in [0.5, 0.6) is 5.75 Å². The zero-order valence-corrected chi connectivity index (χ0v) is 14.6. The molecule has 2 aromatic carbocycles. The second-order valence-electron chi connectivity index (χ2n) is 6.44. The lowest BCUT2D eigenvalue weighted by molar-refractivity contribution is 0.191. The number of fused-ring (bicyclic) bond motifs is 1. The van der Waals surface area contributed by atoms with Crippen LogP contribution in [0.25, 0.3) is 22.3 Å². The van der Waals surface area contributed by atoms with Crippen molar-refractivity contribution >= 4 is 11.0 Å². The van der Waals surface area contributed by atoms with Gasteiger partial charge in [-0.25, -0.2) is 0 Å². The second kappa shape index (κ2) is 7.72. The highest BCUT2D eigenvalue weighted by molar-refractivity contribution is 5.80. The molecule has 1 aliphatic rings. The summed E-state index contributed by atoms with van der Waals surface area (Å²) < 4.78 is 11.8. The third-order valence-corrected chi connectivity index (χ3v) is 4.64. The molecule has 5 heteroatoms. The van der Waals surface area contributed by atoms with E-state index in [1.54, 1.807) is 18.2 Å². The van der Waals surface area contributed by atoms with E-state index < -0.39 is 0 Å². The van der Waals surface area contributed by atoms with E-state index in [4.69, 9.17) is 9.15 Å². The molecule has 1 aromatic heterocycles. The van der Waals surface area contributed by atoms with Gasteiger partial charge in [-0.15, -0.1) is 0 Å². The number of nitrogens with zero attached hydrogens (tertiary/aromatic N) is 1. The maximum Gasteiger partial charge on any atom is 0.193 e. The van der Waals surface area contributed by atoms with E-state index in [9.17, 15) is 4.79 Å². The molecule has 0 amide bonds. The van der Waals surface area contributed by atoms with Crippen molar-refractivity contribution in [2.45, 2.75) is 0 Å². The number of benzene rings is 2. The third-order valence-electron chi connectivity index (χ3n) is 4.64. The van der Waals surface area contributed by atoms with Crippen LogP contribution in [0.1, 0.15) is 0 Å². The van der Waals surface area contributed by atoms with Crippen molar-refractivity contribution < 1.29 is 9.15 Å². The highest BCUT2D eigenvalue weighted by Gasteiger charge is 2.10. The SMILES string of the molecule is O=c1cc(-c2ccccc2)oc2cc(OCCN3CCNCC3)ccc12. The fourth-order valence-electron chi connectivity index (χ4n) is 3.20. The van der Waals surface area contributed by atoms with E-state index in [-0.39, 0.29) is 5.43 Å². The molecule has 26 heavy (non-hydrogen) atoms. The molecule has 0 radical (unpaired) electrons. The zero-order chi connectivity index (χ0) is 17.8. The van der Waals surface area contributed by atoms with Crippen LogP contribution < -0.4 is 15.5 Å². The molecule has 4 rings (SSSR count). The maximum absolute atomic E-state index is 12.4. The minimum atomic E-state index is -0.0440. The summed E-state index contributed by atoms with van der Waals surface area (Å²) in [6, 6.07) is 16.6. The summed E-state index contributed by atoms with van der Waals surface area (Å²) in [5, 5.41) is 3.91. The molecule has 1 N–H and O–H groups in total. The van der Waals surface area contributed by atoms with Crippen LogP contribution in [0.4, 0.5) is 0 Å². The van der Waals surface area contributed by atoms with Crippen molar-refractivity contribution in [2.24, 2.45) is 0 Å². The molecule has 1 fully saturated rings. The molecule has 134 valence electrons. The van der Waals surface area contributed by atoms with Crippen molar-refractivity contribution in [1.29, 1.82) is 0 Å². The largest absolute Gasteiger partial charge is 0.492 e. The summed E-state index contributed by atoms with van der Waals surface area (Å²) in [4.78, 5) is 14.8. The third kappa shape index (κ3) is 3.79. The summed E-state index contributed by atoms with van der Waals surface area (Å²) in [6.45, 7) is 5.68. The van der Waals surface area contributed by atoms with Crippen molar-refractivity contribution in [2.75, 3.05) is 39.3 Å². The number of rotatable bonds is 5. The van der Waals surface area contributed by atoms with E-state index in [0.29, 0.717) is 23.3 Å². The lowest BCUT2D eigenvalue weighted by Gasteiger charge is -2.26. The number of hydrogen-bond donors (Lipinski definition) is 1. The summed E-state index contributed by atoms with van der Waals surface area (Å²) in [6.07, 6.45) is 0. The van der Waals surface area contributed by atoms with Gasteiger partial charge < -0.3 is 14.5 Å². The number of ether oxygens (including phenoxy) is 1. The molecule has 5 nitrogen and oxygen atoms in total. The van der Waals surface area contributed by atoms with Crippen molar-refractivity contribution in [3.05, 3.63) is 64.8 Å². The fraction of sp³-hybridized carbons (Fsp3) is 0.286. The highest BCUT2D eigenvalue weighted by Crippen LogP contribution is 2.24. The Hall–Kier alpha value is -2.63. The second-order valence-corrected chi connectivity index (χ2v) is 6.44. The van der Waals surface area contributed by atoms with E-state index in [1.807, 2.05) is 36.4 Å². The van der Waals surface area contributed by atoms with Crippen LogP contribution in [0, 0.1) is 0 Å². The van der Waals surface area contributed by atoms with Gasteiger partial charge in [0.15, 0.2) is 5.43 Å². The van der Waals surface area contributed by atoms with Gasteiger partial charge in [-0.1, -0.05) is 30.3 Å². The van der Waals surface area contributed by atoms with Crippen LogP contribution >= 0.6 is 0 Å². The molecule has 1 aliphatic heterocycles. The Kier molecular flexibility index (Phi) is 5.00. The number of piperazine rings is 1. The zero-order valence-electron chi connectivity index (χ0n) is 14.6. The van der Waals surface area contributed by atoms with Gasteiger partial charge in [0.25, 0.3) is 0 Å². The first-order valence-corrected chi connectivity index (χ1v) is 8.99. The average molecular weight is 350 g/mol. The van der Waals surface area contributed by atoms with Crippen molar-refractivity contribution in [3.63, 3.8) is 0 Å². The quantitative estimate of drug-likeness (QED) is 0.767. The minimum Gasteiger partial charge on any atom is -0.492 e. The van der Waals surface area contributed by atoms with Gasteiger partial charge in [0.1, 0.15) is 23.7 Å². The first kappa shape index (κ1) is 16.8. The average Bonchev–Trinajstić information content (AvgIpc) is 2.69. The molecule has 2 heterocycles. The Morgan fingerprint density at radius 3 is 2.65 bits per heavy atom. The molecular formula is C21H22N2O3. The summed E-state index contributed by atoms with van der Waals surface area (Å²) in [5.41, 5.74) is 1.39. The molecule has 0 unspecified atom stereocenters. The van der Waals surface area contributed by atoms with Gasteiger partial charge in [0.2, 0.25) is 0 Å². The summed E-state index contributed by atoms with van der Waals surface area (Å²) >= 11 is 0. The minimum absolute atomic E-state index is 0.0440. The van der Waals surface area contributed by atoms with Crippen LogP contribution in [-0.4, -0.2) is 44.2 Å². The van der Waals surface area contributed by atoms with Crippen molar-refractivity contribution in [1.82, 2.24) is 10.2 Å². The molecule has 0 bridgehead atoms. The Bertz CT molecular complexity index is 931. The Balaban J connectivity index is 1.52. The van der Waals surface area contributed by atoms with Crippen LogP contribution in [0.2, 0.25) is 0 Å². The molecule has 0 spiro atoms. The van der Waals surface area contributed by atoms with Crippen LogP contribution in [-0.2, 0) is 0 Å². The van der Waals surface area contributed by atoms with E-state index in [2.05, 4.69) is 10.2 Å². The standard InChI is InChI=1S/C21H22N2O3/c24-19-15-20(16-4-2-1-3-5-16)26-21-14-17(6-7-18(19)21)25-13-12-23-10-8-22-9-11-23/h1-7,14-15,22H,8-13H2. The van der Waals surface area contributed by atoms with E-state index in [1.165, 1.54) is 0 Å². The highest BCUT2D eigenvalue weighted by atomic mass is 16.5. The fourth-order valence-corrected chi connectivity index (χ4v) is 3.20. The molecular weight excluding hydrogens is 328 g/mol. The molecule has 0 atom stereocenters. The van der Waals surface area contributed by atoms with E-state index >= 15 is 0 Å². The first-order valence-electron chi connectivity index (χ1n) is 8.99. The van der Waals surface area contributed by atoms with Gasteiger partial charge in [-0.2, -0.15) is 0 Å². The predicted octanol–water partition coefficient (Wildman–Crippen LogP) is 2.74. The number of hydrogen-bond acceptors (Lipinski definition) is 5. The van der Waals surface area contributed by atoms with Gasteiger partial charge >= 0.3 is 0 Å². The smallest absolute Gasteiger partial charge is 0.193 e. The Morgan fingerprint density at radius 1 is 1.04 bits per heavy atom. The number of nitrogens with one attached hydrogen (secondary N) is 1. The molecule has 1 saturated heterocycles. The normalized spacial score (nSPS) is 15.2. The van der Waals surface area contributed by atoms with Gasteiger partial charge in [-0.3, -0.25) is 9.69 Å². The van der Waals surface area contributed by atoms with Crippen molar-refractivity contribution in [3.8, 4) is 17.1 Å². The van der Waals surface area contributed by atoms with E-state index in [0.717, 1.165) is 44.0 Å². The first-order chi connectivity index (χ1) is 12.8. The lowest BCUT2D eigenvalue weighted by Crippen LogP contribution is -2.44. The molecule has 0 aliphatic carbocycles. The predicted molar refractivity (Wildman–Crippen MR) is 103 cm³/mol. The molecule has 3 aromatic rings. The van der Waals surface area contributed by atoms with Gasteiger partial charge in [0, 0.05) is 50.4 Å². The molecule has 0 saturated carbocycles. The summed E-state index contributed by atoms with van der Waals surface area (Å²) in [7, 11) is 0. The van der Waals surface area contributed by atoms with Gasteiger partial charge in [-0.05, 0) is 12.1 Å². The Morgan fingerprint density at radius 2 is 1.85 bits per heavy atom.